The third-order valence-electron chi connectivity index (χ3n) is 2.96. The summed E-state index contributed by atoms with van der Waals surface area (Å²) in [5.41, 5.74) is 2.36. The molecule has 0 spiro atoms. The molecule has 0 atom stereocenters. The van der Waals surface area contributed by atoms with Gasteiger partial charge in [0, 0.05) is 11.3 Å². The summed E-state index contributed by atoms with van der Waals surface area (Å²) in [5.74, 6) is -0.386. The fourth-order valence-electron chi connectivity index (χ4n) is 1.80. The highest BCUT2D eigenvalue weighted by atomic mass is 16.4. The highest BCUT2D eigenvalue weighted by molar-refractivity contribution is 5.84. The van der Waals surface area contributed by atoms with Crippen LogP contribution in [0.25, 0.3) is 0 Å². The van der Waals surface area contributed by atoms with E-state index in [0.717, 1.165) is 16.8 Å². The van der Waals surface area contributed by atoms with E-state index in [1.54, 1.807) is 6.07 Å². The lowest BCUT2D eigenvalue weighted by Gasteiger charge is -2.11. The molecule has 0 saturated heterocycles. The van der Waals surface area contributed by atoms with E-state index in [1.807, 2.05) is 26.0 Å². The smallest absolute Gasteiger partial charge is 0.371 e. The molecule has 100 valence electrons. The fourth-order valence-corrected chi connectivity index (χ4v) is 1.80. The van der Waals surface area contributed by atoms with Gasteiger partial charge in [-0.2, -0.15) is 0 Å². The number of benzene rings is 1. The lowest BCUT2D eigenvalue weighted by atomic mass is 10.1. The maximum absolute atomic E-state index is 10.7. The number of aryl methyl sites for hydroxylation is 1. The quantitative estimate of drug-likeness (QED) is 0.788. The maximum Gasteiger partial charge on any atom is 0.371 e. The number of anilines is 1. The van der Waals surface area contributed by atoms with E-state index < -0.39 is 5.97 Å². The van der Waals surface area contributed by atoms with E-state index in [-0.39, 0.29) is 11.5 Å². The summed E-state index contributed by atoms with van der Waals surface area (Å²) in [4.78, 5) is 10.7. The standard InChI is InChI=1S/C14H15NO4/c1-8-3-5-11(9(2)13(8)16)15-7-10-4-6-12(19-10)14(17)18/h3-6,15-16H,7H2,1-2H3,(H,17,18). The summed E-state index contributed by atoms with van der Waals surface area (Å²) in [7, 11) is 0. The van der Waals surface area contributed by atoms with Crippen LogP contribution in [0.3, 0.4) is 0 Å². The molecule has 5 nitrogen and oxygen atoms in total. The number of nitrogens with one attached hydrogen (secondary N) is 1. The Morgan fingerprint density at radius 1 is 1.26 bits per heavy atom. The van der Waals surface area contributed by atoms with Crippen LogP contribution >= 0.6 is 0 Å². The van der Waals surface area contributed by atoms with Crippen LogP contribution in [0.2, 0.25) is 0 Å². The van der Waals surface area contributed by atoms with Crippen molar-refractivity contribution >= 4 is 11.7 Å². The molecule has 0 bridgehead atoms. The van der Waals surface area contributed by atoms with Gasteiger partial charge in [-0.1, -0.05) is 6.07 Å². The minimum Gasteiger partial charge on any atom is -0.507 e. The van der Waals surface area contributed by atoms with Crippen LogP contribution in [-0.4, -0.2) is 16.2 Å². The molecule has 2 aromatic rings. The number of aromatic carboxylic acids is 1. The first-order valence-electron chi connectivity index (χ1n) is 5.84. The first-order valence-corrected chi connectivity index (χ1v) is 5.84. The van der Waals surface area contributed by atoms with Crippen LogP contribution < -0.4 is 5.32 Å². The van der Waals surface area contributed by atoms with Crippen molar-refractivity contribution in [1.29, 1.82) is 0 Å². The number of hydrogen-bond donors (Lipinski definition) is 3. The second-order valence-corrected chi connectivity index (χ2v) is 4.33. The number of furan rings is 1. The van der Waals surface area contributed by atoms with Gasteiger partial charge in [0.15, 0.2) is 0 Å². The summed E-state index contributed by atoms with van der Waals surface area (Å²) in [6, 6.07) is 6.71. The molecule has 5 heteroatoms. The Hall–Kier alpha value is -2.43. The molecule has 0 fully saturated rings. The summed E-state index contributed by atoms with van der Waals surface area (Å²) >= 11 is 0. The van der Waals surface area contributed by atoms with Gasteiger partial charge in [-0.05, 0) is 37.6 Å². The van der Waals surface area contributed by atoms with Crippen molar-refractivity contribution in [3.8, 4) is 5.75 Å². The Labute approximate surface area is 110 Å². The molecule has 2 rings (SSSR count). The SMILES string of the molecule is Cc1ccc(NCc2ccc(C(=O)O)o2)c(C)c1O. The number of aromatic hydroxyl groups is 1. The lowest BCUT2D eigenvalue weighted by molar-refractivity contribution is 0.0660. The van der Waals surface area contributed by atoms with Crippen LogP contribution in [-0.2, 0) is 6.54 Å². The molecule has 1 aromatic carbocycles. The Morgan fingerprint density at radius 2 is 2.00 bits per heavy atom. The zero-order chi connectivity index (χ0) is 14.0. The number of hydrogen-bond acceptors (Lipinski definition) is 4. The van der Waals surface area contributed by atoms with Crippen molar-refractivity contribution in [3.05, 3.63) is 46.9 Å². The molecule has 3 N–H and O–H groups in total. The number of phenolic OH excluding ortho intramolecular Hbond substituents is 1. The van der Waals surface area contributed by atoms with Crippen LogP contribution in [0, 0.1) is 13.8 Å². The lowest BCUT2D eigenvalue weighted by Crippen LogP contribution is -2.01. The molecule has 1 aromatic heterocycles. The molecule has 0 unspecified atom stereocenters. The molecule has 0 saturated carbocycles. The average molecular weight is 261 g/mol. The van der Waals surface area contributed by atoms with E-state index in [1.165, 1.54) is 6.07 Å². The van der Waals surface area contributed by atoms with Crippen molar-refractivity contribution in [2.75, 3.05) is 5.32 Å². The monoisotopic (exact) mass is 261 g/mol. The normalized spacial score (nSPS) is 10.4. The number of carbonyl (C=O) groups is 1. The second kappa shape index (κ2) is 5.06. The van der Waals surface area contributed by atoms with E-state index in [9.17, 15) is 9.90 Å². The van der Waals surface area contributed by atoms with Crippen molar-refractivity contribution in [3.63, 3.8) is 0 Å². The highest BCUT2D eigenvalue weighted by Crippen LogP contribution is 2.28. The number of carboxylic acid groups (broad SMARTS) is 1. The number of carboxylic acids is 1. The molecule has 1 heterocycles. The van der Waals surface area contributed by atoms with Gasteiger partial charge in [0.25, 0.3) is 0 Å². The molecule has 0 radical (unpaired) electrons. The van der Waals surface area contributed by atoms with E-state index in [4.69, 9.17) is 9.52 Å². The average Bonchev–Trinajstić information content (AvgIpc) is 2.84. The van der Waals surface area contributed by atoms with Gasteiger partial charge in [-0.25, -0.2) is 4.79 Å². The maximum atomic E-state index is 10.7. The highest BCUT2D eigenvalue weighted by Gasteiger charge is 2.10. The third-order valence-corrected chi connectivity index (χ3v) is 2.96. The van der Waals surface area contributed by atoms with Gasteiger partial charge < -0.3 is 19.9 Å². The molecular weight excluding hydrogens is 246 g/mol. The first kappa shape index (κ1) is 13.0. The predicted octanol–water partition coefficient (Wildman–Crippen LogP) is 2.91. The number of rotatable bonds is 4. The summed E-state index contributed by atoms with van der Waals surface area (Å²) in [6.45, 7) is 4.00. The number of phenols is 1. The zero-order valence-corrected chi connectivity index (χ0v) is 10.7. The van der Waals surface area contributed by atoms with Crippen LogP contribution in [0.4, 0.5) is 5.69 Å². The Balaban J connectivity index is 2.10. The van der Waals surface area contributed by atoms with Gasteiger partial charge in [-0.3, -0.25) is 0 Å². The van der Waals surface area contributed by atoms with Crippen molar-refractivity contribution in [2.24, 2.45) is 0 Å². The van der Waals surface area contributed by atoms with Gasteiger partial charge in [0.05, 0.1) is 6.54 Å². The molecule has 19 heavy (non-hydrogen) atoms. The molecular formula is C14H15NO4. The summed E-state index contributed by atoms with van der Waals surface area (Å²) in [5, 5.41) is 21.7. The summed E-state index contributed by atoms with van der Waals surface area (Å²) in [6.07, 6.45) is 0. The Morgan fingerprint density at radius 3 is 2.63 bits per heavy atom. The fraction of sp³-hybridized carbons (Fsp3) is 0.214. The predicted molar refractivity (Wildman–Crippen MR) is 70.6 cm³/mol. The third kappa shape index (κ3) is 2.70. The molecule has 0 amide bonds. The van der Waals surface area contributed by atoms with Crippen molar-refractivity contribution in [2.45, 2.75) is 20.4 Å². The van der Waals surface area contributed by atoms with Crippen LogP contribution in [0.5, 0.6) is 5.75 Å². The Kier molecular flexibility index (Phi) is 3.46. The topological polar surface area (TPSA) is 82.7 Å². The van der Waals surface area contributed by atoms with Crippen molar-refractivity contribution in [1.82, 2.24) is 0 Å². The second-order valence-electron chi connectivity index (χ2n) is 4.33. The minimum atomic E-state index is -1.09. The zero-order valence-electron chi connectivity index (χ0n) is 10.7. The van der Waals surface area contributed by atoms with E-state index >= 15 is 0 Å². The van der Waals surface area contributed by atoms with Crippen LogP contribution in [0.15, 0.2) is 28.7 Å². The first-order chi connectivity index (χ1) is 8.99. The molecule has 0 aliphatic carbocycles. The van der Waals surface area contributed by atoms with Gasteiger partial charge in [0.2, 0.25) is 5.76 Å². The van der Waals surface area contributed by atoms with E-state index in [0.29, 0.717) is 12.3 Å². The summed E-state index contributed by atoms with van der Waals surface area (Å²) < 4.78 is 5.14. The van der Waals surface area contributed by atoms with Crippen LogP contribution in [0.1, 0.15) is 27.4 Å². The van der Waals surface area contributed by atoms with Gasteiger partial charge in [0.1, 0.15) is 11.5 Å². The molecule has 0 aliphatic rings. The molecule has 0 aliphatic heterocycles. The van der Waals surface area contributed by atoms with Gasteiger partial charge >= 0.3 is 5.97 Å². The van der Waals surface area contributed by atoms with Gasteiger partial charge in [-0.15, -0.1) is 0 Å². The Bertz CT molecular complexity index is 616. The van der Waals surface area contributed by atoms with E-state index in [2.05, 4.69) is 5.32 Å². The minimum absolute atomic E-state index is 0.0831. The van der Waals surface area contributed by atoms with Crippen molar-refractivity contribution < 1.29 is 19.4 Å². The largest absolute Gasteiger partial charge is 0.507 e.